The van der Waals surface area contributed by atoms with Gasteiger partial charge in [0.15, 0.2) is 0 Å². The molecule has 4 rings (SSSR count). The number of carbonyl (C=O) groups excluding carboxylic acids is 1. The molecule has 1 aromatic carbocycles. The van der Waals surface area contributed by atoms with Crippen LogP contribution in [-0.4, -0.2) is 24.8 Å². The monoisotopic (exact) mass is 451 g/mol. The molecule has 8 heteroatoms. The first kappa shape index (κ1) is 21.9. The molecule has 2 aromatic heterocycles. The summed E-state index contributed by atoms with van der Waals surface area (Å²) >= 11 is 1.56. The maximum atomic E-state index is 13.5. The molecular weight excluding hydrogens is 426 g/mol. The van der Waals surface area contributed by atoms with E-state index in [4.69, 9.17) is 19.9 Å². The van der Waals surface area contributed by atoms with E-state index in [1.54, 1.807) is 36.8 Å². The summed E-state index contributed by atoms with van der Waals surface area (Å²) in [6.07, 6.45) is 1.98. The third-order valence-electron chi connectivity index (χ3n) is 5.27. The van der Waals surface area contributed by atoms with E-state index in [1.165, 1.54) is 0 Å². The number of ether oxygens (including phenoxy) is 3. The highest BCUT2D eigenvalue weighted by atomic mass is 32.1. The molecule has 166 valence electrons. The Hall–Kier alpha value is -3.36. The van der Waals surface area contributed by atoms with Crippen LogP contribution in [0.2, 0.25) is 0 Å². The first-order chi connectivity index (χ1) is 15.5. The molecule has 1 aliphatic rings. The fourth-order valence-corrected chi connectivity index (χ4v) is 4.67. The lowest BCUT2D eigenvalue weighted by atomic mass is 9.83. The normalized spacial score (nSPS) is 14.8. The van der Waals surface area contributed by atoms with Crippen LogP contribution in [0.25, 0.3) is 0 Å². The van der Waals surface area contributed by atoms with Crippen molar-refractivity contribution in [3.63, 3.8) is 0 Å². The predicted molar refractivity (Wildman–Crippen MR) is 123 cm³/mol. The number of nitrogens with one attached hydrogen (secondary N) is 1. The van der Waals surface area contributed by atoms with Gasteiger partial charge in [-0.05, 0) is 36.1 Å². The van der Waals surface area contributed by atoms with E-state index in [-0.39, 0.29) is 18.5 Å². The van der Waals surface area contributed by atoms with Crippen molar-refractivity contribution in [2.24, 2.45) is 0 Å². The van der Waals surface area contributed by atoms with Gasteiger partial charge in [-0.2, -0.15) is 0 Å². The van der Waals surface area contributed by atoms with Gasteiger partial charge < -0.3 is 25.3 Å². The lowest BCUT2D eigenvalue weighted by Crippen LogP contribution is -2.47. The van der Waals surface area contributed by atoms with Crippen LogP contribution < -0.4 is 11.1 Å². The van der Waals surface area contributed by atoms with Gasteiger partial charge in [0.05, 0.1) is 17.9 Å². The van der Waals surface area contributed by atoms with Crippen LogP contribution in [0.5, 0.6) is 0 Å². The molecule has 0 saturated carbocycles. The maximum absolute atomic E-state index is 13.5. The van der Waals surface area contributed by atoms with Crippen LogP contribution in [-0.2, 0) is 26.4 Å². The van der Waals surface area contributed by atoms with Crippen LogP contribution in [0.4, 0.5) is 5.82 Å². The summed E-state index contributed by atoms with van der Waals surface area (Å²) in [7, 11) is 1.58. The van der Waals surface area contributed by atoms with Crippen molar-refractivity contribution >= 4 is 23.1 Å². The van der Waals surface area contributed by atoms with Crippen molar-refractivity contribution in [3.05, 3.63) is 93.2 Å². The largest absolute Gasteiger partial charge is 0.462 e. The average molecular weight is 452 g/mol. The Labute approximate surface area is 190 Å². The fourth-order valence-electron chi connectivity index (χ4n) is 3.76. The first-order valence-corrected chi connectivity index (χ1v) is 11.0. The molecule has 3 N–H and O–H groups in total. The fraction of sp³-hybridized carbons (Fsp3) is 0.250. The molecule has 32 heavy (non-hydrogen) atoms. The quantitative estimate of drug-likeness (QED) is 0.536. The zero-order chi connectivity index (χ0) is 22.6. The second-order valence-corrected chi connectivity index (χ2v) is 8.51. The van der Waals surface area contributed by atoms with Crippen LogP contribution in [0.15, 0.2) is 65.9 Å². The summed E-state index contributed by atoms with van der Waals surface area (Å²) in [5.41, 5.74) is 8.24. The number of hydrogen-bond donors (Lipinski definition) is 2. The van der Waals surface area contributed by atoms with Crippen LogP contribution in [0, 0.1) is 6.92 Å². The molecule has 7 nitrogen and oxygen atoms in total. The number of thiophene rings is 1. The van der Waals surface area contributed by atoms with E-state index in [9.17, 15) is 4.79 Å². The smallest absolute Gasteiger partial charge is 0.256 e. The zero-order valence-electron chi connectivity index (χ0n) is 18.0. The van der Waals surface area contributed by atoms with Gasteiger partial charge >= 0.3 is 0 Å². The number of aromatic nitrogens is 1. The minimum atomic E-state index is -0.881. The van der Waals surface area contributed by atoms with Gasteiger partial charge in [-0.25, -0.2) is 4.98 Å². The SMILES string of the molecule is COCc1ccc(C(=O)NC(CC2=COCO2)(c2cccc(C)c2)c2cccs2)c(N)n1. The summed E-state index contributed by atoms with van der Waals surface area (Å²) < 4.78 is 16.0. The van der Waals surface area contributed by atoms with E-state index in [0.717, 1.165) is 16.0 Å². The van der Waals surface area contributed by atoms with E-state index < -0.39 is 5.54 Å². The molecular formula is C24H25N3O4S. The number of nitrogens with two attached hydrogens (primary N) is 1. The van der Waals surface area contributed by atoms with Gasteiger partial charge in [0, 0.05) is 18.4 Å². The highest BCUT2D eigenvalue weighted by Gasteiger charge is 2.40. The Balaban J connectivity index is 1.79. The summed E-state index contributed by atoms with van der Waals surface area (Å²) in [6.45, 7) is 2.50. The van der Waals surface area contributed by atoms with Crippen molar-refractivity contribution in [2.75, 3.05) is 19.6 Å². The Morgan fingerprint density at radius 1 is 1.28 bits per heavy atom. The van der Waals surface area contributed by atoms with Crippen molar-refractivity contribution < 1.29 is 19.0 Å². The molecule has 0 fully saturated rings. The number of aryl methyl sites for hydroxylation is 1. The molecule has 0 radical (unpaired) electrons. The summed E-state index contributed by atoms with van der Waals surface area (Å²) in [5, 5.41) is 5.24. The number of rotatable bonds is 8. The number of nitrogens with zero attached hydrogens (tertiary/aromatic N) is 1. The van der Waals surface area contributed by atoms with Gasteiger partial charge in [0.2, 0.25) is 6.79 Å². The Morgan fingerprint density at radius 2 is 2.16 bits per heavy atom. The van der Waals surface area contributed by atoms with Crippen LogP contribution in [0.1, 0.15) is 38.5 Å². The highest BCUT2D eigenvalue weighted by Crippen LogP contribution is 2.40. The number of nitrogen functional groups attached to an aromatic ring is 1. The number of anilines is 1. The minimum absolute atomic E-state index is 0.154. The minimum Gasteiger partial charge on any atom is -0.462 e. The summed E-state index contributed by atoms with van der Waals surface area (Å²) in [4.78, 5) is 18.8. The number of benzene rings is 1. The van der Waals surface area contributed by atoms with E-state index in [1.807, 2.05) is 42.6 Å². The number of pyridine rings is 1. The molecule has 0 bridgehead atoms. The van der Waals surface area contributed by atoms with Crippen molar-refractivity contribution in [1.82, 2.24) is 10.3 Å². The summed E-state index contributed by atoms with van der Waals surface area (Å²) in [5.74, 6) is 0.483. The first-order valence-electron chi connectivity index (χ1n) is 10.1. The number of amides is 1. The molecule has 0 aliphatic carbocycles. The molecule has 3 aromatic rings. The topological polar surface area (TPSA) is 95.7 Å². The van der Waals surface area contributed by atoms with E-state index >= 15 is 0 Å². The van der Waals surface area contributed by atoms with E-state index in [0.29, 0.717) is 30.0 Å². The standard InChI is InChI=1S/C24H25N3O4S/c1-16-5-3-6-17(11-16)24(21-7-4-10-32-21,12-19-14-30-15-31-19)27-23(28)20-9-8-18(13-29-2)26-22(20)25/h3-11,14H,12-13,15H2,1-2H3,(H2,25,26)(H,27,28). The lowest BCUT2D eigenvalue weighted by Gasteiger charge is -2.35. The molecule has 1 amide bonds. The Kier molecular flexibility index (Phi) is 6.43. The van der Waals surface area contributed by atoms with Gasteiger partial charge in [0.1, 0.15) is 23.4 Å². The van der Waals surface area contributed by atoms with Gasteiger partial charge in [-0.15, -0.1) is 11.3 Å². The van der Waals surface area contributed by atoms with Gasteiger partial charge in [-0.3, -0.25) is 4.79 Å². The highest BCUT2D eigenvalue weighted by molar-refractivity contribution is 7.10. The zero-order valence-corrected chi connectivity index (χ0v) is 18.8. The molecule has 0 saturated heterocycles. The maximum Gasteiger partial charge on any atom is 0.256 e. The summed E-state index contributed by atoms with van der Waals surface area (Å²) in [6, 6.07) is 15.5. The molecule has 3 heterocycles. The second kappa shape index (κ2) is 9.42. The molecule has 0 spiro atoms. The predicted octanol–water partition coefficient (Wildman–Crippen LogP) is 4.09. The molecule has 1 atom stereocenters. The Bertz CT molecular complexity index is 1130. The average Bonchev–Trinajstić information content (AvgIpc) is 3.48. The molecule has 1 unspecified atom stereocenters. The number of carbonyl (C=O) groups is 1. The third-order valence-corrected chi connectivity index (χ3v) is 6.30. The van der Waals surface area contributed by atoms with E-state index in [2.05, 4.69) is 16.4 Å². The number of methoxy groups -OCH3 is 1. The molecule has 1 aliphatic heterocycles. The Morgan fingerprint density at radius 3 is 2.81 bits per heavy atom. The van der Waals surface area contributed by atoms with Crippen LogP contribution in [0.3, 0.4) is 0 Å². The number of hydrogen-bond acceptors (Lipinski definition) is 7. The van der Waals surface area contributed by atoms with Crippen molar-refractivity contribution in [3.8, 4) is 0 Å². The lowest BCUT2D eigenvalue weighted by molar-refractivity contribution is 0.0728. The van der Waals surface area contributed by atoms with Crippen molar-refractivity contribution in [2.45, 2.75) is 25.5 Å². The second-order valence-electron chi connectivity index (χ2n) is 7.56. The van der Waals surface area contributed by atoms with Crippen LogP contribution >= 0.6 is 11.3 Å². The van der Waals surface area contributed by atoms with Crippen molar-refractivity contribution in [1.29, 1.82) is 0 Å². The third kappa shape index (κ3) is 4.46. The van der Waals surface area contributed by atoms with Gasteiger partial charge in [0.25, 0.3) is 5.91 Å². The van der Waals surface area contributed by atoms with Gasteiger partial charge in [-0.1, -0.05) is 35.9 Å².